The van der Waals surface area contributed by atoms with Gasteiger partial charge in [-0.15, -0.1) is 10.2 Å². The minimum atomic E-state index is 0.351. The first-order valence-electron chi connectivity index (χ1n) is 6.46. The molecule has 6 heteroatoms. The summed E-state index contributed by atoms with van der Waals surface area (Å²) in [5.74, 6) is 2.29. The van der Waals surface area contributed by atoms with Gasteiger partial charge in [0.1, 0.15) is 5.75 Å². The third-order valence-corrected chi connectivity index (χ3v) is 3.44. The number of aromatic amines is 1. The predicted molar refractivity (Wildman–Crippen MR) is 69.5 cm³/mol. The largest absolute Gasteiger partial charge is 0.497 e. The minimum absolute atomic E-state index is 0.351. The SMILES string of the molecule is COc1ccc(C(NCc2nn[nH]n2)C2CC2)cc1. The second-order valence-electron chi connectivity index (χ2n) is 4.80. The number of H-pyrrole nitrogens is 1. The molecule has 1 heterocycles. The van der Waals surface area contributed by atoms with E-state index >= 15 is 0 Å². The number of benzene rings is 1. The van der Waals surface area contributed by atoms with Crippen LogP contribution in [0, 0.1) is 5.92 Å². The lowest BCUT2D eigenvalue weighted by molar-refractivity contribution is 0.413. The highest BCUT2D eigenvalue weighted by molar-refractivity contribution is 5.30. The Bertz CT molecular complexity index is 506. The number of rotatable bonds is 6. The summed E-state index contributed by atoms with van der Waals surface area (Å²) < 4.78 is 5.19. The van der Waals surface area contributed by atoms with E-state index in [-0.39, 0.29) is 0 Å². The van der Waals surface area contributed by atoms with Gasteiger partial charge in [-0.25, -0.2) is 0 Å². The van der Waals surface area contributed by atoms with Crippen LogP contribution in [0.5, 0.6) is 5.75 Å². The summed E-state index contributed by atoms with van der Waals surface area (Å²) in [6.07, 6.45) is 2.55. The lowest BCUT2D eigenvalue weighted by Crippen LogP contribution is -2.23. The van der Waals surface area contributed by atoms with E-state index < -0.39 is 0 Å². The molecule has 3 rings (SSSR count). The molecule has 0 amide bonds. The molecule has 1 fully saturated rings. The summed E-state index contributed by atoms with van der Waals surface area (Å²) in [6, 6.07) is 8.59. The molecule has 6 nitrogen and oxygen atoms in total. The highest BCUT2D eigenvalue weighted by Gasteiger charge is 2.32. The van der Waals surface area contributed by atoms with E-state index in [4.69, 9.17) is 4.74 Å². The van der Waals surface area contributed by atoms with Crippen molar-refractivity contribution in [3.05, 3.63) is 35.7 Å². The fourth-order valence-electron chi connectivity index (χ4n) is 2.26. The van der Waals surface area contributed by atoms with Crippen molar-refractivity contribution >= 4 is 0 Å². The molecule has 1 atom stereocenters. The van der Waals surface area contributed by atoms with Crippen molar-refractivity contribution in [2.45, 2.75) is 25.4 Å². The molecule has 2 N–H and O–H groups in total. The Morgan fingerprint density at radius 3 is 2.74 bits per heavy atom. The monoisotopic (exact) mass is 259 g/mol. The van der Waals surface area contributed by atoms with Crippen molar-refractivity contribution in [1.82, 2.24) is 25.9 Å². The van der Waals surface area contributed by atoms with Gasteiger partial charge in [0.15, 0.2) is 5.82 Å². The number of hydrogen-bond acceptors (Lipinski definition) is 5. The molecule has 100 valence electrons. The van der Waals surface area contributed by atoms with E-state index in [0.717, 1.165) is 5.75 Å². The number of methoxy groups -OCH3 is 1. The van der Waals surface area contributed by atoms with E-state index in [1.165, 1.54) is 18.4 Å². The van der Waals surface area contributed by atoms with Gasteiger partial charge in [-0.1, -0.05) is 17.3 Å². The first-order chi connectivity index (χ1) is 9.36. The average Bonchev–Trinajstić information content (AvgIpc) is 3.15. The first-order valence-corrected chi connectivity index (χ1v) is 6.46. The summed E-state index contributed by atoms with van der Waals surface area (Å²) >= 11 is 0. The maximum Gasteiger partial charge on any atom is 0.188 e. The van der Waals surface area contributed by atoms with Gasteiger partial charge in [0.05, 0.1) is 13.7 Å². The number of nitrogens with one attached hydrogen (secondary N) is 2. The van der Waals surface area contributed by atoms with Crippen LogP contribution >= 0.6 is 0 Å². The Labute approximate surface area is 111 Å². The van der Waals surface area contributed by atoms with Gasteiger partial charge in [-0.05, 0) is 36.5 Å². The third kappa shape index (κ3) is 2.90. The number of nitrogens with zero attached hydrogens (tertiary/aromatic N) is 3. The molecular formula is C13H17N5O. The summed E-state index contributed by atoms with van der Waals surface area (Å²) in [5, 5.41) is 17.5. The van der Waals surface area contributed by atoms with Crippen LogP contribution < -0.4 is 10.1 Å². The van der Waals surface area contributed by atoms with E-state index in [9.17, 15) is 0 Å². The molecule has 0 saturated heterocycles. The molecule has 1 aromatic heterocycles. The second-order valence-corrected chi connectivity index (χ2v) is 4.80. The normalized spacial score (nSPS) is 16.3. The van der Waals surface area contributed by atoms with E-state index in [1.807, 2.05) is 12.1 Å². The van der Waals surface area contributed by atoms with Gasteiger partial charge < -0.3 is 10.1 Å². The maximum atomic E-state index is 5.19. The molecule has 0 bridgehead atoms. The lowest BCUT2D eigenvalue weighted by Gasteiger charge is -2.18. The summed E-state index contributed by atoms with van der Waals surface area (Å²) in [7, 11) is 1.68. The molecule has 19 heavy (non-hydrogen) atoms. The average molecular weight is 259 g/mol. The number of tetrazole rings is 1. The van der Waals surface area contributed by atoms with E-state index in [0.29, 0.717) is 24.3 Å². The Hall–Kier alpha value is -1.95. The summed E-state index contributed by atoms with van der Waals surface area (Å²) in [4.78, 5) is 0. The Kier molecular flexibility index (Phi) is 3.41. The van der Waals surface area contributed by atoms with Crippen molar-refractivity contribution in [1.29, 1.82) is 0 Å². The van der Waals surface area contributed by atoms with Crippen molar-refractivity contribution in [3.8, 4) is 5.75 Å². The van der Waals surface area contributed by atoms with E-state index in [1.54, 1.807) is 7.11 Å². The Morgan fingerprint density at radius 2 is 2.16 bits per heavy atom. The molecule has 1 aliphatic carbocycles. The maximum absolute atomic E-state index is 5.19. The van der Waals surface area contributed by atoms with Gasteiger partial charge in [-0.2, -0.15) is 5.21 Å². The van der Waals surface area contributed by atoms with E-state index in [2.05, 4.69) is 38.1 Å². The smallest absolute Gasteiger partial charge is 0.188 e. The Balaban J connectivity index is 1.69. The molecule has 0 spiro atoms. The topological polar surface area (TPSA) is 75.7 Å². The predicted octanol–water partition coefficient (Wildman–Crippen LogP) is 1.45. The number of hydrogen-bond donors (Lipinski definition) is 2. The Morgan fingerprint density at radius 1 is 1.37 bits per heavy atom. The molecule has 1 aliphatic rings. The zero-order valence-electron chi connectivity index (χ0n) is 10.8. The van der Waals surface area contributed by atoms with Crippen LogP contribution in [0.15, 0.2) is 24.3 Å². The van der Waals surface area contributed by atoms with Crippen LogP contribution in [0.4, 0.5) is 0 Å². The van der Waals surface area contributed by atoms with Gasteiger partial charge in [0.2, 0.25) is 0 Å². The van der Waals surface area contributed by atoms with Gasteiger partial charge in [-0.3, -0.25) is 0 Å². The molecule has 2 aromatic rings. The highest BCUT2D eigenvalue weighted by Crippen LogP contribution is 2.41. The van der Waals surface area contributed by atoms with Gasteiger partial charge in [0, 0.05) is 6.04 Å². The second kappa shape index (κ2) is 5.36. The van der Waals surface area contributed by atoms with Crippen LogP contribution in [0.1, 0.15) is 30.3 Å². The third-order valence-electron chi connectivity index (χ3n) is 3.44. The minimum Gasteiger partial charge on any atom is -0.497 e. The van der Waals surface area contributed by atoms with Crippen molar-refractivity contribution in [2.24, 2.45) is 5.92 Å². The first kappa shape index (κ1) is 12.1. The van der Waals surface area contributed by atoms with Crippen LogP contribution in [-0.2, 0) is 6.54 Å². The van der Waals surface area contributed by atoms with Crippen LogP contribution in [-0.4, -0.2) is 27.7 Å². The summed E-state index contributed by atoms with van der Waals surface area (Å²) in [6.45, 7) is 0.629. The molecule has 0 aliphatic heterocycles. The number of ether oxygens (including phenoxy) is 1. The lowest BCUT2D eigenvalue weighted by atomic mass is 10.0. The highest BCUT2D eigenvalue weighted by atomic mass is 16.5. The van der Waals surface area contributed by atoms with Crippen LogP contribution in [0.25, 0.3) is 0 Å². The van der Waals surface area contributed by atoms with Crippen molar-refractivity contribution in [3.63, 3.8) is 0 Å². The fourth-order valence-corrected chi connectivity index (χ4v) is 2.26. The van der Waals surface area contributed by atoms with Gasteiger partial charge in [0.25, 0.3) is 0 Å². The zero-order chi connectivity index (χ0) is 13.1. The zero-order valence-corrected chi connectivity index (χ0v) is 10.8. The molecular weight excluding hydrogens is 242 g/mol. The summed E-state index contributed by atoms with van der Waals surface area (Å²) in [5.41, 5.74) is 1.28. The molecule has 1 unspecified atom stereocenters. The van der Waals surface area contributed by atoms with Crippen LogP contribution in [0.3, 0.4) is 0 Å². The molecule has 1 aromatic carbocycles. The number of aromatic nitrogens is 4. The van der Waals surface area contributed by atoms with Gasteiger partial charge >= 0.3 is 0 Å². The molecule has 0 radical (unpaired) electrons. The molecule has 1 saturated carbocycles. The van der Waals surface area contributed by atoms with Crippen molar-refractivity contribution < 1.29 is 4.74 Å². The standard InChI is InChI=1S/C13H17N5O/c1-19-11-6-4-10(5-7-11)13(9-2-3-9)14-8-12-15-17-18-16-12/h4-7,9,13-14H,2-3,8H2,1H3,(H,15,16,17,18). The van der Waals surface area contributed by atoms with Crippen LogP contribution in [0.2, 0.25) is 0 Å². The fraction of sp³-hybridized carbons (Fsp3) is 0.462. The quantitative estimate of drug-likeness (QED) is 0.821. The van der Waals surface area contributed by atoms with Crippen molar-refractivity contribution in [2.75, 3.05) is 7.11 Å².